The zero-order chi connectivity index (χ0) is 17.4. The number of fused-ring (bicyclic) bond motifs is 1. The summed E-state index contributed by atoms with van der Waals surface area (Å²) in [5, 5.41) is 8.46. The lowest BCUT2D eigenvalue weighted by Gasteiger charge is -2.06. The molecule has 0 saturated heterocycles. The van der Waals surface area contributed by atoms with Crippen molar-refractivity contribution in [2.24, 2.45) is 0 Å². The van der Waals surface area contributed by atoms with Crippen LogP contribution in [0.15, 0.2) is 59.7 Å². The number of rotatable bonds is 3. The van der Waals surface area contributed by atoms with Gasteiger partial charge in [-0.1, -0.05) is 41.1 Å². The van der Waals surface area contributed by atoms with Gasteiger partial charge in [0.1, 0.15) is 12.1 Å². The van der Waals surface area contributed by atoms with Gasteiger partial charge in [-0.3, -0.25) is 9.36 Å². The Morgan fingerprint density at radius 1 is 1.12 bits per heavy atom. The lowest BCUT2D eigenvalue weighted by atomic mass is 10.2. The first-order valence-corrected chi connectivity index (χ1v) is 7.81. The third-order valence-electron chi connectivity index (χ3n) is 3.78. The summed E-state index contributed by atoms with van der Waals surface area (Å²) in [6.45, 7) is 0.0679. The molecule has 2 aromatic heterocycles. The minimum absolute atomic E-state index is 0.0679. The normalized spacial score (nSPS) is 11.1. The highest BCUT2D eigenvalue weighted by atomic mass is 35.5. The van der Waals surface area contributed by atoms with Crippen molar-refractivity contribution >= 4 is 22.8 Å². The summed E-state index contributed by atoms with van der Waals surface area (Å²) in [4.78, 5) is 16.9. The second-order valence-corrected chi connectivity index (χ2v) is 5.86. The van der Waals surface area contributed by atoms with Crippen molar-refractivity contribution in [3.63, 3.8) is 0 Å². The number of hydrogen-bond acceptors (Lipinski definition) is 4. The van der Waals surface area contributed by atoms with Crippen molar-refractivity contribution in [1.82, 2.24) is 24.5 Å². The van der Waals surface area contributed by atoms with Crippen LogP contribution < -0.4 is 5.56 Å². The Kier molecular flexibility index (Phi) is 3.77. The van der Waals surface area contributed by atoms with Crippen LogP contribution in [0.1, 0.15) is 5.56 Å². The van der Waals surface area contributed by atoms with E-state index >= 15 is 0 Å². The summed E-state index contributed by atoms with van der Waals surface area (Å²) < 4.78 is 16.5. The number of aromatic nitrogens is 5. The summed E-state index contributed by atoms with van der Waals surface area (Å²) in [7, 11) is 0. The predicted octanol–water partition coefficient (Wildman–Crippen LogP) is 2.82. The fraction of sp³-hybridized carbons (Fsp3) is 0.0588. The first-order chi connectivity index (χ1) is 12.1. The maximum absolute atomic E-state index is 13.8. The Balaban J connectivity index is 1.80. The molecule has 0 bridgehead atoms. The average molecular weight is 356 g/mol. The first kappa shape index (κ1) is 15.5. The zero-order valence-electron chi connectivity index (χ0n) is 12.8. The van der Waals surface area contributed by atoms with E-state index in [4.69, 9.17) is 11.6 Å². The summed E-state index contributed by atoms with van der Waals surface area (Å²) >= 11 is 5.99. The van der Waals surface area contributed by atoms with E-state index in [0.717, 1.165) is 0 Å². The highest BCUT2D eigenvalue weighted by Gasteiger charge is 2.14. The topological polar surface area (TPSA) is 65.6 Å². The number of benzene rings is 2. The van der Waals surface area contributed by atoms with Crippen molar-refractivity contribution in [3.8, 4) is 5.69 Å². The molecule has 2 heterocycles. The molecule has 4 rings (SSSR count). The molecule has 8 heteroatoms. The van der Waals surface area contributed by atoms with Crippen LogP contribution in [0, 0.1) is 5.82 Å². The third-order valence-corrected chi connectivity index (χ3v) is 4.02. The molecule has 2 aromatic carbocycles. The van der Waals surface area contributed by atoms with Gasteiger partial charge in [-0.2, -0.15) is 4.68 Å². The van der Waals surface area contributed by atoms with Gasteiger partial charge in [-0.05, 0) is 24.3 Å². The molecule has 6 nitrogen and oxygen atoms in total. The van der Waals surface area contributed by atoms with E-state index in [-0.39, 0.29) is 23.4 Å². The Morgan fingerprint density at radius 2 is 1.96 bits per heavy atom. The maximum atomic E-state index is 13.8. The summed E-state index contributed by atoms with van der Waals surface area (Å²) in [6.07, 6.45) is 1.36. The predicted molar refractivity (Wildman–Crippen MR) is 91.4 cm³/mol. The van der Waals surface area contributed by atoms with Crippen LogP contribution in [0.5, 0.6) is 0 Å². The van der Waals surface area contributed by atoms with Crippen LogP contribution in [0.4, 0.5) is 4.39 Å². The first-order valence-electron chi connectivity index (χ1n) is 7.44. The molecule has 4 aromatic rings. The van der Waals surface area contributed by atoms with Crippen molar-refractivity contribution in [1.29, 1.82) is 0 Å². The van der Waals surface area contributed by atoms with Gasteiger partial charge in [0, 0.05) is 10.6 Å². The van der Waals surface area contributed by atoms with Gasteiger partial charge >= 0.3 is 0 Å². The molecule has 0 atom stereocenters. The van der Waals surface area contributed by atoms with E-state index in [1.807, 2.05) is 0 Å². The SMILES string of the molecule is O=c1c2nnn(-c3cccc(Cl)c3)c2ncn1Cc1ccccc1F. The molecule has 0 aliphatic rings. The van der Waals surface area contributed by atoms with Crippen LogP contribution in [-0.4, -0.2) is 24.5 Å². The van der Waals surface area contributed by atoms with Gasteiger partial charge in [0.2, 0.25) is 0 Å². The lowest BCUT2D eigenvalue weighted by Crippen LogP contribution is -2.22. The van der Waals surface area contributed by atoms with Crippen LogP contribution >= 0.6 is 11.6 Å². The summed E-state index contributed by atoms with van der Waals surface area (Å²) in [5.41, 5.74) is 1.08. The van der Waals surface area contributed by atoms with E-state index < -0.39 is 0 Å². The molecular weight excluding hydrogens is 345 g/mol. The molecule has 0 unspecified atom stereocenters. The van der Waals surface area contributed by atoms with Gasteiger partial charge in [0.05, 0.1) is 12.2 Å². The van der Waals surface area contributed by atoms with Gasteiger partial charge in [-0.15, -0.1) is 5.10 Å². The molecule has 0 N–H and O–H groups in total. The molecule has 0 spiro atoms. The molecule has 124 valence electrons. The van der Waals surface area contributed by atoms with Crippen molar-refractivity contribution in [2.75, 3.05) is 0 Å². The monoisotopic (exact) mass is 355 g/mol. The van der Waals surface area contributed by atoms with Gasteiger partial charge in [0.15, 0.2) is 11.2 Å². The average Bonchev–Trinajstić information content (AvgIpc) is 3.04. The Hall–Kier alpha value is -3.06. The minimum atomic E-state index is -0.387. The Labute approximate surface area is 146 Å². The highest BCUT2D eigenvalue weighted by molar-refractivity contribution is 6.30. The molecule has 0 fully saturated rings. The minimum Gasteiger partial charge on any atom is -0.293 e. The second-order valence-electron chi connectivity index (χ2n) is 5.42. The molecule has 0 amide bonds. The van der Waals surface area contributed by atoms with Crippen molar-refractivity contribution in [3.05, 3.63) is 81.6 Å². The Morgan fingerprint density at radius 3 is 2.76 bits per heavy atom. The lowest BCUT2D eigenvalue weighted by molar-refractivity contribution is 0.595. The van der Waals surface area contributed by atoms with E-state index in [2.05, 4.69) is 15.3 Å². The standard InChI is InChI=1S/C17H11ClFN5O/c18-12-5-3-6-13(8-12)24-16-15(21-22-24)17(25)23(10-20-16)9-11-4-1-2-7-14(11)19/h1-8,10H,9H2. The summed E-state index contributed by atoms with van der Waals surface area (Å²) in [6, 6.07) is 13.3. The number of halogens is 2. The quantitative estimate of drug-likeness (QED) is 0.567. The van der Waals surface area contributed by atoms with E-state index in [9.17, 15) is 9.18 Å². The largest absolute Gasteiger partial charge is 0.293 e. The van der Waals surface area contributed by atoms with Gasteiger partial charge < -0.3 is 0 Å². The van der Waals surface area contributed by atoms with Crippen molar-refractivity contribution in [2.45, 2.75) is 6.54 Å². The van der Waals surface area contributed by atoms with Crippen molar-refractivity contribution < 1.29 is 4.39 Å². The fourth-order valence-corrected chi connectivity index (χ4v) is 2.73. The smallest absolute Gasteiger partial charge is 0.283 e. The number of hydrogen-bond donors (Lipinski definition) is 0. The highest BCUT2D eigenvalue weighted by Crippen LogP contribution is 2.16. The maximum Gasteiger partial charge on any atom is 0.283 e. The van der Waals surface area contributed by atoms with Gasteiger partial charge in [-0.25, -0.2) is 9.37 Å². The molecule has 0 radical (unpaired) electrons. The van der Waals surface area contributed by atoms with E-state index in [0.29, 0.717) is 21.9 Å². The third kappa shape index (κ3) is 2.78. The molecule has 0 aliphatic heterocycles. The van der Waals surface area contributed by atoms with Crippen LogP contribution in [-0.2, 0) is 6.54 Å². The molecular formula is C17H11ClFN5O. The van der Waals surface area contributed by atoms with E-state index in [1.165, 1.54) is 21.6 Å². The summed E-state index contributed by atoms with van der Waals surface area (Å²) in [5.74, 6) is -0.378. The number of nitrogens with zero attached hydrogens (tertiary/aromatic N) is 5. The zero-order valence-corrected chi connectivity index (χ0v) is 13.6. The van der Waals surface area contributed by atoms with Gasteiger partial charge in [0.25, 0.3) is 5.56 Å². The Bertz CT molecular complexity index is 1140. The fourth-order valence-electron chi connectivity index (χ4n) is 2.55. The van der Waals surface area contributed by atoms with E-state index in [1.54, 1.807) is 42.5 Å². The van der Waals surface area contributed by atoms with Crippen LogP contribution in [0.3, 0.4) is 0 Å². The molecule has 25 heavy (non-hydrogen) atoms. The van der Waals surface area contributed by atoms with Crippen LogP contribution in [0.25, 0.3) is 16.9 Å². The van der Waals surface area contributed by atoms with Crippen LogP contribution in [0.2, 0.25) is 5.02 Å². The second kappa shape index (κ2) is 6.10. The molecule has 0 aliphatic carbocycles. The molecule has 0 saturated carbocycles.